The van der Waals surface area contributed by atoms with Crippen LogP contribution in [0.15, 0.2) is 18.3 Å². The van der Waals surface area contributed by atoms with Crippen molar-refractivity contribution < 1.29 is 14.3 Å². The molecule has 94 valence electrons. The van der Waals surface area contributed by atoms with E-state index in [0.29, 0.717) is 5.88 Å². The fourth-order valence-electron chi connectivity index (χ4n) is 1.50. The molecule has 0 atom stereocenters. The minimum Gasteiger partial charge on any atom is -0.481 e. The molecule has 0 radical (unpaired) electrons. The zero-order valence-electron chi connectivity index (χ0n) is 10.5. The lowest BCUT2D eigenvalue weighted by atomic mass is 10.3. The number of pyridine rings is 1. The van der Waals surface area contributed by atoms with Crippen LogP contribution >= 0.6 is 0 Å². The first kappa shape index (κ1) is 13.3. The summed E-state index contributed by atoms with van der Waals surface area (Å²) < 4.78 is 9.74. The topological polar surface area (TPSA) is 51.7 Å². The second kappa shape index (κ2) is 6.73. The summed E-state index contributed by atoms with van der Waals surface area (Å²) in [5, 5.41) is 0. The van der Waals surface area contributed by atoms with Gasteiger partial charge in [-0.15, -0.1) is 0 Å². The number of nitrogens with zero attached hydrogens (tertiary/aromatic N) is 2. The van der Waals surface area contributed by atoms with Crippen molar-refractivity contribution in [2.24, 2.45) is 0 Å². The number of hydrogen-bond acceptors (Lipinski definition) is 5. The Labute approximate surface area is 101 Å². The normalized spacial score (nSPS) is 9.82. The van der Waals surface area contributed by atoms with E-state index in [-0.39, 0.29) is 12.5 Å². The number of carbonyl (C=O) groups is 1. The lowest BCUT2D eigenvalue weighted by molar-refractivity contribution is -0.138. The minimum atomic E-state index is -0.255. The zero-order valence-corrected chi connectivity index (χ0v) is 10.5. The molecule has 0 unspecified atom stereocenters. The van der Waals surface area contributed by atoms with Gasteiger partial charge in [0.15, 0.2) is 0 Å². The number of esters is 1. The Morgan fingerprint density at radius 1 is 1.47 bits per heavy atom. The van der Waals surface area contributed by atoms with Crippen molar-refractivity contribution in [1.29, 1.82) is 0 Å². The van der Waals surface area contributed by atoms with Crippen LogP contribution in [0.2, 0.25) is 0 Å². The molecular formula is C12H18N2O3. The van der Waals surface area contributed by atoms with Gasteiger partial charge in [0, 0.05) is 24.5 Å². The molecule has 0 aliphatic heterocycles. The van der Waals surface area contributed by atoms with Gasteiger partial charge in [0.2, 0.25) is 5.88 Å². The molecule has 0 saturated carbocycles. The van der Waals surface area contributed by atoms with E-state index >= 15 is 0 Å². The van der Waals surface area contributed by atoms with Gasteiger partial charge < -0.3 is 14.4 Å². The van der Waals surface area contributed by atoms with Crippen LogP contribution in [0.5, 0.6) is 5.88 Å². The molecule has 0 aliphatic carbocycles. The summed E-state index contributed by atoms with van der Waals surface area (Å²) in [6.45, 7) is 3.07. The van der Waals surface area contributed by atoms with Crippen molar-refractivity contribution in [2.75, 3.05) is 32.2 Å². The third-order valence-electron chi connectivity index (χ3n) is 2.33. The molecule has 1 aromatic rings. The van der Waals surface area contributed by atoms with Gasteiger partial charge in [-0.3, -0.25) is 4.79 Å². The number of hydrogen-bond donors (Lipinski definition) is 0. The molecule has 0 N–H and O–H groups in total. The molecule has 0 bridgehead atoms. The molecule has 1 rings (SSSR count). The summed E-state index contributed by atoms with van der Waals surface area (Å²) in [7, 11) is 2.95. The predicted molar refractivity (Wildman–Crippen MR) is 65.3 cm³/mol. The van der Waals surface area contributed by atoms with Gasteiger partial charge in [0.05, 0.1) is 14.2 Å². The van der Waals surface area contributed by atoms with E-state index in [9.17, 15) is 4.79 Å². The van der Waals surface area contributed by atoms with E-state index in [1.54, 1.807) is 19.4 Å². The molecule has 1 aromatic heterocycles. The van der Waals surface area contributed by atoms with E-state index in [0.717, 1.165) is 18.7 Å². The second-order valence-corrected chi connectivity index (χ2v) is 3.55. The highest BCUT2D eigenvalue weighted by Crippen LogP contribution is 2.18. The van der Waals surface area contributed by atoms with Crippen molar-refractivity contribution >= 4 is 11.7 Å². The maximum Gasteiger partial charge on any atom is 0.325 e. The summed E-state index contributed by atoms with van der Waals surface area (Å²) in [5.41, 5.74) is 0.907. The third kappa shape index (κ3) is 3.94. The minimum absolute atomic E-state index is 0.234. The Morgan fingerprint density at radius 2 is 2.24 bits per heavy atom. The molecule has 0 aromatic carbocycles. The van der Waals surface area contributed by atoms with E-state index in [1.165, 1.54) is 7.11 Å². The smallest absolute Gasteiger partial charge is 0.325 e. The average Bonchev–Trinajstić information content (AvgIpc) is 2.38. The summed E-state index contributed by atoms with van der Waals surface area (Å²) in [6.07, 6.45) is 2.61. The maximum atomic E-state index is 11.3. The van der Waals surface area contributed by atoms with Crippen LogP contribution in [0.4, 0.5) is 5.69 Å². The zero-order chi connectivity index (χ0) is 12.7. The fourth-order valence-corrected chi connectivity index (χ4v) is 1.50. The number of ether oxygens (including phenoxy) is 2. The summed E-state index contributed by atoms with van der Waals surface area (Å²) in [4.78, 5) is 17.3. The van der Waals surface area contributed by atoms with Crippen molar-refractivity contribution in [1.82, 2.24) is 4.98 Å². The average molecular weight is 238 g/mol. The van der Waals surface area contributed by atoms with Gasteiger partial charge in [0.25, 0.3) is 0 Å². The van der Waals surface area contributed by atoms with Gasteiger partial charge in [-0.25, -0.2) is 4.98 Å². The van der Waals surface area contributed by atoms with Crippen molar-refractivity contribution in [3.8, 4) is 5.88 Å². The first-order valence-electron chi connectivity index (χ1n) is 5.53. The first-order valence-corrected chi connectivity index (χ1v) is 5.53. The van der Waals surface area contributed by atoms with Crippen LogP contribution in [0.25, 0.3) is 0 Å². The molecule has 1 heterocycles. The highest BCUT2D eigenvalue weighted by atomic mass is 16.5. The molecule has 17 heavy (non-hydrogen) atoms. The van der Waals surface area contributed by atoms with Crippen molar-refractivity contribution in [3.63, 3.8) is 0 Å². The fraction of sp³-hybridized carbons (Fsp3) is 0.500. The van der Waals surface area contributed by atoms with Gasteiger partial charge in [-0.1, -0.05) is 6.92 Å². The summed E-state index contributed by atoms with van der Waals surface area (Å²) in [6, 6.07) is 3.65. The molecule has 0 amide bonds. The quantitative estimate of drug-likeness (QED) is 0.703. The Hall–Kier alpha value is -1.78. The lowest BCUT2D eigenvalue weighted by Gasteiger charge is -2.22. The van der Waals surface area contributed by atoms with Crippen molar-refractivity contribution in [2.45, 2.75) is 13.3 Å². The Morgan fingerprint density at radius 3 is 2.82 bits per heavy atom. The lowest BCUT2D eigenvalue weighted by Crippen LogP contribution is -2.31. The molecule has 0 fully saturated rings. The van der Waals surface area contributed by atoms with Crippen LogP contribution in [0, 0.1) is 0 Å². The van der Waals surface area contributed by atoms with Crippen LogP contribution in [-0.2, 0) is 9.53 Å². The highest BCUT2D eigenvalue weighted by molar-refractivity contribution is 5.75. The standard InChI is InChI=1S/C12H18N2O3/c1-4-7-14(9-12(15)17-3)10-5-6-13-11(8-10)16-2/h5-6,8H,4,7,9H2,1-3H3. The van der Waals surface area contributed by atoms with E-state index < -0.39 is 0 Å². The van der Waals surface area contributed by atoms with Crippen LogP contribution in [-0.4, -0.2) is 38.3 Å². The summed E-state index contributed by atoms with van der Waals surface area (Å²) >= 11 is 0. The Bertz CT molecular complexity index is 369. The van der Waals surface area contributed by atoms with Crippen LogP contribution in [0.3, 0.4) is 0 Å². The maximum absolute atomic E-state index is 11.3. The number of methoxy groups -OCH3 is 2. The van der Waals surface area contributed by atoms with Crippen LogP contribution in [0.1, 0.15) is 13.3 Å². The van der Waals surface area contributed by atoms with Gasteiger partial charge in [-0.2, -0.15) is 0 Å². The van der Waals surface area contributed by atoms with Crippen molar-refractivity contribution in [3.05, 3.63) is 18.3 Å². The molecule has 0 saturated heterocycles. The number of carbonyl (C=O) groups excluding carboxylic acids is 1. The first-order chi connectivity index (χ1) is 8.21. The highest BCUT2D eigenvalue weighted by Gasteiger charge is 2.11. The third-order valence-corrected chi connectivity index (χ3v) is 2.33. The molecular weight excluding hydrogens is 220 g/mol. The van der Waals surface area contributed by atoms with Gasteiger partial charge >= 0.3 is 5.97 Å². The van der Waals surface area contributed by atoms with E-state index in [4.69, 9.17) is 4.74 Å². The molecule has 5 heteroatoms. The van der Waals surface area contributed by atoms with E-state index in [2.05, 4.69) is 16.6 Å². The Balaban J connectivity index is 2.84. The molecule has 0 spiro atoms. The SMILES string of the molecule is CCCN(CC(=O)OC)c1ccnc(OC)c1. The molecule has 0 aliphatic rings. The number of aromatic nitrogens is 1. The van der Waals surface area contributed by atoms with Crippen LogP contribution < -0.4 is 9.64 Å². The second-order valence-electron chi connectivity index (χ2n) is 3.55. The van der Waals surface area contributed by atoms with E-state index in [1.807, 2.05) is 11.0 Å². The summed E-state index contributed by atoms with van der Waals surface area (Å²) in [5.74, 6) is 0.280. The Kier molecular flexibility index (Phi) is 5.26. The number of anilines is 1. The van der Waals surface area contributed by atoms with Gasteiger partial charge in [0.1, 0.15) is 6.54 Å². The number of rotatable bonds is 6. The van der Waals surface area contributed by atoms with Gasteiger partial charge in [-0.05, 0) is 12.5 Å². The predicted octanol–water partition coefficient (Wildman–Crippen LogP) is 1.48. The monoisotopic (exact) mass is 238 g/mol. The largest absolute Gasteiger partial charge is 0.481 e. The molecule has 5 nitrogen and oxygen atoms in total.